The summed E-state index contributed by atoms with van der Waals surface area (Å²) in [7, 11) is 0. The number of allylic oxidation sites excluding steroid dienone is 1. The van der Waals surface area contributed by atoms with Gasteiger partial charge >= 0.3 is 0 Å². The summed E-state index contributed by atoms with van der Waals surface area (Å²) in [5, 5.41) is 2.37. The lowest BCUT2D eigenvalue weighted by Crippen LogP contribution is -2.04. The van der Waals surface area contributed by atoms with Crippen LogP contribution in [-0.2, 0) is 0 Å². The number of hydrogen-bond acceptors (Lipinski definition) is 1. The van der Waals surface area contributed by atoms with E-state index < -0.39 is 0 Å². The van der Waals surface area contributed by atoms with Gasteiger partial charge < -0.3 is 4.74 Å². The second kappa shape index (κ2) is 7.14. The lowest BCUT2D eigenvalue weighted by molar-refractivity contribution is 0.443. The number of rotatable bonds is 2. The van der Waals surface area contributed by atoms with Crippen LogP contribution in [0.1, 0.15) is 16.7 Å². The Bertz CT molecular complexity index is 1180. The van der Waals surface area contributed by atoms with E-state index in [1.807, 2.05) is 12.1 Å². The molecule has 0 fully saturated rings. The highest BCUT2D eigenvalue weighted by molar-refractivity contribution is 9.10. The predicted octanol–water partition coefficient (Wildman–Crippen LogP) is 7.47. The van der Waals surface area contributed by atoms with Crippen LogP contribution in [0.2, 0.25) is 0 Å². The average molecular weight is 425 g/mol. The lowest BCUT2D eigenvalue weighted by Gasteiger charge is -2.21. The maximum Gasteiger partial charge on any atom is 0.135 e. The van der Waals surface area contributed by atoms with Crippen LogP contribution in [0.4, 0.5) is 0 Å². The number of ether oxygens (including phenoxy) is 1. The van der Waals surface area contributed by atoms with E-state index in [9.17, 15) is 0 Å². The van der Waals surface area contributed by atoms with Crippen LogP contribution in [-0.4, -0.2) is 0 Å². The largest absolute Gasteiger partial charge is 0.456 e. The van der Waals surface area contributed by atoms with Gasteiger partial charge in [-0.1, -0.05) is 94.8 Å². The first-order valence-electron chi connectivity index (χ1n) is 9.23. The Kier molecular flexibility index (Phi) is 4.34. The summed E-state index contributed by atoms with van der Waals surface area (Å²) in [4.78, 5) is 0. The number of fused-ring (bicyclic) bond motifs is 3. The van der Waals surface area contributed by atoms with Crippen LogP contribution in [0.3, 0.4) is 0 Å². The zero-order valence-electron chi connectivity index (χ0n) is 15.1. The van der Waals surface area contributed by atoms with E-state index in [4.69, 9.17) is 4.74 Å². The van der Waals surface area contributed by atoms with Crippen molar-refractivity contribution in [1.29, 1.82) is 0 Å². The molecule has 0 atom stereocenters. The van der Waals surface area contributed by atoms with E-state index in [0.717, 1.165) is 38.2 Å². The molecule has 0 saturated heterocycles. The van der Waals surface area contributed by atoms with E-state index in [-0.39, 0.29) is 0 Å². The molecule has 0 unspecified atom stereocenters. The van der Waals surface area contributed by atoms with Crippen LogP contribution in [0, 0.1) is 0 Å². The molecule has 0 aromatic heterocycles. The van der Waals surface area contributed by atoms with Gasteiger partial charge in [-0.05, 0) is 40.8 Å². The fourth-order valence-electron chi connectivity index (χ4n) is 3.70. The highest BCUT2D eigenvalue weighted by atomic mass is 79.9. The summed E-state index contributed by atoms with van der Waals surface area (Å²) in [5.74, 6) is 1.73. The summed E-state index contributed by atoms with van der Waals surface area (Å²) in [5.41, 5.74) is 4.47. The third-order valence-electron chi connectivity index (χ3n) is 4.99. The van der Waals surface area contributed by atoms with Crippen molar-refractivity contribution in [3.8, 4) is 5.75 Å². The molecule has 4 aromatic rings. The Balaban J connectivity index is 1.72. The predicted molar refractivity (Wildman–Crippen MR) is 120 cm³/mol. The van der Waals surface area contributed by atoms with E-state index in [0.29, 0.717) is 0 Å². The molecule has 5 rings (SSSR count). The minimum absolute atomic E-state index is 0.858. The van der Waals surface area contributed by atoms with Crippen molar-refractivity contribution in [1.82, 2.24) is 0 Å². The standard InChI is InChI=1S/C26H17BrO/c27-22-13-7-12-20-14-16-23-21(26(20)22)15-17-24(28-23)25(18-8-3-1-4-9-18)19-10-5-2-6-11-19/h1-17H. The second-order valence-electron chi connectivity index (χ2n) is 6.72. The first-order valence-corrected chi connectivity index (χ1v) is 10.0. The molecular formula is C26H17BrO. The maximum atomic E-state index is 6.44. The van der Waals surface area contributed by atoms with Gasteiger partial charge in [0.1, 0.15) is 11.5 Å². The average Bonchev–Trinajstić information content (AvgIpc) is 2.75. The minimum atomic E-state index is 0.858. The second-order valence-corrected chi connectivity index (χ2v) is 7.58. The molecule has 1 aliphatic rings. The fraction of sp³-hybridized carbons (Fsp3) is 0. The van der Waals surface area contributed by atoms with Crippen molar-refractivity contribution in [2.75, 3.05) is 0 Å². The molecule has 134 valence electrons. The molecule has 28 heavy (non-hydrogen) atoms. The maximum absolute atomic E-state index is 6.44. The van der Waals surface area contributed by atoms with Gasteiger partial charge in [0.05, 0.1) is 0 Å². The summed E-state index contributed by atoms with van der Waals surface area (Å²) >= 11 is 3.69. The molecule has 1 nitrogen and oxygen atoms in total. The highest BCUT2D eigenvalue weighted by Crippen LogP contribution is 2.39. The Morgan fingerprint density at radius 3 is 2.00 bits per heavy atom. The van der Waals surface area contributed by atoms with Gasteiger partial charge in [0, 0.05) is 21.0 Å². The molecular weight excluding hydrogens is 408 g/mol. The first-order chi connectivity index (χ1) is 13.8. The zero-order chi connectivity index (χ0) is 18.9. The Hall–Kier alpha value is -3.10. The molecule has 0 saturated carbocycles. The summed E-state index contributed by atoms with van der Waals surface area (Å²) in [6.07, 6.45) is 4.24. The first kappa shape index (κ1) is 17.0. The van der Waals surface area contributed by atoms with Crippen molar-refractivity contribution in [2.45, 2.75) is 0 Å². The van der Waals surface area contributed by atoms with Crippen LogP contribution in [0.5, 0.6) is 5.75 Å². The Morgan fingerprint density at radius 2 is 1.32 bits per heavy atom. The molecule has 0 bridgehead atoms. The van der Waals surface area contributed by atoms with Gasteiger partial charge in [0.2, 0.25) is 0 Å². The Labute approximate surface area is 172 Å². The van der Waals surface area contributed by atoms with Crippen LogP contribution in [0.25, 0.3) is 22.4 Å². The normalized spacial score (nSPS) is 12.5. The van der Waals surface area contributed by atoms with Gasteiger partial charge in [-0.15, -0.1) is 0 Å². The summed E-state index contributed by atoms with van der Waals surface area (Å²) < 4.78 is 7.52. The molecule has 0 aliphatic carbocycles. The molecule has 1 aliphatic heterocycles. The lowest BCUT2D eigenvalue weighted by atomic mass is 9.95. The molecule has 0 spiro atoms. The molecule has 0 N–H and O–H groups in total. The topological polar surface area (TPSA) is 9.23 Å². The molecule has 1 heterocycles. The monoisotopic (exact) mass is 424 g/mol. The molecule has 0 amide bonds. The molecule has 2 heteroatoms. The SMILES string of the molecule is Brc1cccc2ccc3c(c12)C=CC(=C(c1ccccc1)c1ccccc1)O3. The summed E-state index contributed by atoms with van der Waals surface area (Å²) in [6.45, 7) is 0. The number of hydrogen-bond donors (Lipinski definition) is 0. The van der Waals surface area contributed by atoms with E-state index in [2.05, 4.69) is 107 Å². The van der Waals surface area contributed by atoms with Crippen molar-refractivity contribution >= 4 is 38.4 Å². The third kappa shape index (κ3) is 2.96. The number of halogens is 1. The van der Waals surface area contributed by atoms with Gasteiger partial charge in [-0.3, -0.25) is 0 Å². The van der Waals surface area contributed by atoms with Crippen molar-refractivity contribution < 1.29 is 4.74 Å². The van der Waals surface area contributed by atoms with Crippen molar-refractivity contribution in [3.63, 3.8) is 0 Å². The van der Waals surface area contributed by atoms with Crippen LogP contribution < -0.4 is 4.74 Å². The van der Waals surface area contributed by atoms with Gasteiger partial charge in [-0.25, -0.2) is 0 Å². The van der Waals surface area contributed by atoms with Crippen molar-refractivity contribution in [3.05, 3.63) is 124 Å². The van der Waals surface area contributed by atoms with E-state index in [1.54, 1.807) is 0 Å². The molecule has 0 radical (unpaired) electrons. The highest BCUT2D eigenvalue weighted by Gasteiger charge is 2.19. The van der Waals surface area contributed by atoms with E-state index >= 15 is 0 Å². The van der Waals surface area contributed by atoms with Crippen molar-refractivity contribution in [2.24, 2.45) is 0 Å². The summed E-state index contributed by atoms with van der Waals surface area (Å²) in [6, 6.07) is 31.2. The van der Waals surface area contributed by atoms with Crippen LogP contribution >= 0.6 is 15.9 Å². The van der Waals surface area contributed by atoms with E-state index in [1.165, 1.54) is 10.8 Å². The number of benzene rings is 4. The third-order valence-corrected chi connectivity index (χ3v) is 5.65. The smallest absolute Gasteiger partial charge is 0.135 e. The zero-order valence-corrected chi connectivity index (χ0v) is 16.7. The fourth-order valence-corrected chi connectivity index (χ4v) is 4.30. The Morgan fingerprint density at radius 1 is 0.643 bits per heavy atom. The van der Waals surface area contributed by atoms with Gasteiger partial charge in [-0.2, -0.15) is 0 Å². The van der Waals surface area contributed by atoms with Gasteiger partial charge in [0.15, 0.2) is 0 Å². The minimum Gasteiger partial charge on any atom is -0.456 e. The van der Waals surface area contributed by atoms with Gasteiger partial charge in [0.25, 0.3) is 0 Å². The quantitative estimate of drug-likeness (QED) is 0.324. The molecule has 4 aromatic carbocycles. The van der Waals surface area contributed by atoms with Crippen LogP contribution in [0.15, 0.2) is 107 Å².